The second-order valence-electron chi connectivity index (χ2n) is 4.05. The molecule has 0 bridgehead atoms. The number of halogens is 3. The third-order valence-electron chi connectivity index (χ3n) is 2.56. The molecule has 2 rings (SSSR count). The Labute approximate surface area is 130 Å². The van der Waals surface area contributed by atoms with Crippen LogP contribution in [0.4, 0.5) is 11.4 Å². The van der Waals surface area contributed by atoms with E-state index in [0.29, 0.717) is 27.3 Å². The van der Waals surface area contributed by atoms with Gasteiger partial charge >= 0.3 is 0 Å². The number of nitrogens with one attached hydrogen (secondary N) is 1. The van der Waals surface area contributed by atoms with Gasteiger partial charge in [0.25, 0.3) is 5.69 Å². The number of rotatable bonds is 4. The largest absolute Gasteiger partial charge is 0.375 e. The number of nitro benzene ring substituents is 1. The Hall–Kier alpha value is -1.49. The fraction of sp³-hybridized carbons (Fsp3) is 0.0769. The van der Waals surface area contributed by atoms with Gasteiger partial charge in [-0.25, -0.2) is 0 Å². The standard InChI is InChI=1S/C13H9Cl3N2O2/c14-9-1-2-12(13(6-9)18(19)20)17-7-8-3-10(15)5-11(16)4-8/h1-6,17H,7H2. The Morgan fingerprint density at radius 2 is 1.65 bits per heavy atom. The summed E-state index contributed by atoms with van der Waals surface area (Å²) in [6.45, 7) is 0.364. The summed E-state index contributed by atoms with van der Waals surface area (Å²) >= 11 is 17.5. The average Bonchev–Trinajstić information content (AvgIpc) is 2.36. The van der Waals surface area contributed by atoms with Gasteiger partial charge in [-0.3, -0.25) is 10.1 Å². The molecule has 2 aromatic rings. The average molecular weight is 332 g/mol. The molecule has 0 aliphatic heterocycles. The van der Waals surface area contributed by atoms with E-state index in [4.69, 9.17) is 34.8 Å². The van der Waals surface area contributed by atoms with Gasteiger partial charge in [0.15, 0.2) is 0 Å². The van der Waals surface area contributed by atoms with Gasteiger partial charge in [0.1, 0.15) is 5.69 Å². The quantitative estimate of drug-likeness (QED) is 0.621. The molecule has 0 radical (unpaired) electrons. The van der Waals surface area contributed by atoms with Crippen LogP contribution in [0.15, 0.2) is 36.4 Å². The molecular weight excluding hydrogens is 323 g/mol. The minimum absolute atomic E-state index is 0.0781. The number of anilines is 1. The molecule has 0 amide bonds. The van der Waals surface area contributed by atoms with Crippen molar-refractivity contribution in [2.75, 3.05) is 5.32 Å². The zero-order chi connectivity index (χ0) is 14.7. The van der Waals surface area contributed by atoms with E-state index in [2.05, 4.69) is 5.32 Å². The molecule has 0 aliphatic carbocycles. The molecule has 0 saturated heterocycles. The first-order valence-corrected chi connectivity index (χ1v) is 6.72. The summed E-state index contributed by atoms with van der Waals surface area (Å²) in [7, 11) is 0. The Morgan fingerprint density at radius 3 is 2.25 bits per heavy atom. The molecule has 0 heterocycles. The van der Waals surface area contributed by atoms with Gasteiger partial charge in [0, 0.05) is 27.7 Å². The van der Waals surface area contributed by atoms with Crippen molar-refractivity contribution in [2.24, 2.45) is 0 Å². The van der Waals surface area contributed by atoms with E-state index in [1.54, 1.807) is 30.3 Å². The van der Waals surface area contributed by atoms with E-state index >= 15 is 0 Å². The molecule has 104 valence electrons. The van der Waals surface area contributed by atoms with Crippen LogP contribution in [0.5, 0.6) is 0 Å². The number of hydrogen-bond acceptors (Lipinski definition) is 3. The van der Waals surface area contributed by atoms with Gasteiger partial charge in [0.2, 0.25) is 0 Å². The lowest BCUT2D eigenvalue weighted by Gasteiger charge is -2.08. The molecule has 0 saturated carbocycles. The van der Waals surface area contributed by atoms with E-state index < -0.39 is 4.92 Å². The van der Waals surface area contributed by atoms with E-state index in [0.717, 1.165) is 5.56 Å². The second kappa shape index (κ2) is 6.31. The fourth-order valence-corrected chi connectivity index (χ4v) is 2.45. The first-order valence-electron chi connectivity index (χ1n) is 5.58. The molecule has 1 N–H and O–H groups in total. The highest BCUT2D eigenvalue weighted by atomic mass is 35.5. The monoisotopic (exact) mass is 330 g/mol. The maximum atomic E-state index is 11.0. The summed E-state index contributed by atoms with van der Waals surface area (Å²) in [5.74, 6) is 0. The van der Waals surface area contributed by atoms with Gasteiger partial charge in [-0.2, -0.15) is 0 Å². The van der Waals surface area contributed by atoms with Gasteiger partial charge in [-0.15, -0.1) is 0 Å². The minimum atomic E-state index is -0.487. The number of hydrogen-bond donors (Lipinski definition) is 1. The minimum Gasteiger partial charge on any atom is -0.375 e. The number of nitrogens with zero attached hydrogens (tertiary/aromatic N) is 1. The van der Waals surface area contributed by atoms with E-state index in [9.17, 15) is 10.1 Å². The van der Waals surface area contributed by atoms with Crippen LogP contribution in [-0.4, -0.2) is 4.92 Å². The Balaban J connectivity index is 2.20. The predicted octanol–water partition coefficient (Wildman–Crippen LogP) is 5.17. The zero-order valence-corrected chi connectivity index (χ0v) is 12.3. The number of nitro groups is 1. The molecule has 0 spiro atoms. The van der Waals surface area contributed by atoms with Crippen molar-refractivity contribution in [3.8, 4) is 0 Å². The molecule has 0 aromatic heterocycles. The van der Waals surface area contributed by atoms with Crippen molar-refractivity contribution in [3.05, 3.63) is 67.1 Å². The first-order chi connectivity index (χ1) is 9.45. The summed E-state index contributed by atoms with van der Waals surface area (Å²) in [5.41, 5.74) is 1.13. The van der Waals surface area contributed by atoms with E-state index in [1.807, 2.05) is 0 Å². The normalized spacial score (nSPS) is 10.3. The van der Waals surface area contributed by atoms with Crippen LogP contribution in [-0.2, 0) is 6.54 Å². The lowest BCUT2D eigenvalue weighted by atomic mass is 10.2. The van der Waals surface area contributed by atoms with Crippen molar-refractivity contribution in [1.82, 2.24) is 0 Å². The predicted molar refractivity (Wildman–Crippen MR) is 81.9 cm³/mol. The van der Waals surface area contributed by atoms with Crippen LogP contribution in [0.25, 0.3) is 0 Å². The highest BCUT2D eigenvalue weighted by Gasteiger charge is 2.14. The molecular formula is C13H9Cl3N2O2. The van der Waals surface area contributed by atoms with E-state index in [-0.39, 0.29) is 5.69 Å². The lowest BCUT2D eigenvalue weighted by molar-refractivity contribution is -0.383. The highest BCUT2D eigenvalue weighted by molar-refractivity contribution is 6.34. The topological polar surface area (TPSA) is 55.2 Å². The summed E-state index contributed by atoms with van der Waals surface area (Å²) in [4.78, 5) is 10.5. The van der Waals surface area contributed by atoms with E-state index in [1.165, 1.54) is 6.07 Å². The first kappa shape index (κ1) is 14.9. The Kier molecular flexibility index (Phi) is 4.70. The van der Waals surface area contributed by atoms with Crippen LogP contribution < -0.4 is 5.32 Å². The summed E-state index contributed by atoms with van der Waals surface area (Å²) < 4.78 is 0. The molecule has 0 unspecified atom stereocenters. The Bertz CT molecular complexity index is 642. The van der Waals surface area contributed by atoms with Crippen LogP contribution in [0.1, 0.15) is 5.56 Å². The molecule has 4 nitrogen and oxygen atoms in total. The molecule has 7 heteroatoms. The van der Waals surface area contributed by atoms with Crippen molar-refractivity contribution in [1.29, 1.82) is 0 Å². The molecule has 0 fully saturated rings. The van der Waals surface area contributed by atoms with Gasteiger partial charge in [-0.1, -0.05) is 34.8 Å². The van der Waals surface area contributed by atoms with Crippen LogP contribution in [0.2, 0.25) is 15.1 Å². The molecule has 0 aliphatic rings. The zero-order valence-electron chi connectivity index (χ0n) is 10.1. The molecule has 20 heavy (non-hydrogen) atoms. The second-order valence-corrected chi connectivity index (χ2v) is 5.36. The van der Waals surface area contributed by atoms with Crippen molar-refractivity contribution < 1.29 is 4.92 Å². The summed E-state index contributed by atoms with van der Waals surface area (Å²) in [6, 6.07) is 9.55. The van der Waals surface area contributed by atoms with Crippen molar-refractivity contribution >= 4 is 46.2 Å². The number of benzene rings is 2. The fourth-order valence-electron chi connectivity index (χ4n) is 1.72. The summed E-state index contributed by atoms with van der Waals surface area (Å²) in [6.07, 6.45) is 0. The van der Waals surface area contributed by atoms with Crippen LogP contribution >= 0.6 is 34.8 Å². The Morgan fingerprint density at radius 1 is 1.00 bits per heavy atom. The molecule has 2 aromatic carbocycles. The van der Waals surface area contributed by atoms with Gasteiger partial charge < -0.3 is 5.32 Å². The summed E-state index contributed by atoms with van der Waals surface area (Å²) in [5, 5.41) is 15.3. The third kappa shape index (κ3) is 3.76. The van der Waals surface area contributed by atoms with Gasteiger partial charge in [0.05, 0.1) is 4.92 Å². The lowest BCUT2D eigenvalue weighted by Crippen LogP contribution is -2.02. The maximum Gasteiger partial charge on any atom is 0.293 e. The third-order valence-corrected chi connectivity index (χ3v) is 3.23. The van der Waals surface area contributed by atoms with Crippen molar-refractivity contribution in [3.63, 3.8) is 0 Å². The van der Waals surface area contributed by atoms with Crippen LogP contribution in [0.3, 0.4) is 0 Å². The highest BCUT2D eigenvalue weighted by Crippen LogP contribution is 2.28. The SMILES string of the molecule is O=[N+]([O-])c1cc(Cl)ccc1NCc1cc(Cl)cc(Cl)c1. The smallest absolute Gasteiger partial charge is 0.293 e. The van der Waals surface area contributed by atoms with Crippen LogP contribution in [0, 0.1) is 10.1 Å². The van der Waals surface area contributed by atoms with Gasteiger partial charge in [-0.05, 0) is 35.9 Å². The molecule has 0 atom stereocenters. The van der Waals surface area contributed by atoms with Crippen molar-refractivity contribution in [2.45, 2.75) is 6.54 Å². The maximum absolute atomic E-state index is 11.0.